The van der Waals surface area contributed by atoms with E-state index in [0.717, 1.165) is 6.42 Å². The van der Waals surface area contributed by atoms with Crippen molar-refractivity contribution in [2.45, 2.75) is 156 Å². The van der Waals surface area contributed by atoms with Gasteiger partial charge in [0.25, 0.3) is 0 Å². The number of hydrogen-bond donors (Lipinski definition) is 1. The number of nitrogens with one attached hydrogen (secondary N) is 1. The van der Waals surface area contributed by atoms with E-state index in [1.54, 1.807) is 0 Å². The Balaban J connectivity index is 1.34. The van der Waals surface area contributed by atoms with Crippen LogP contribution in [0.25, 0.3) is 0 Å². The van der Waals surface area contributed by atoms with Crippen molar-refractivity contribution in [2.75, 3.05) is 5.32 Å². The summed E-state index contributed by atoms with van der Waals surface area (Å²) in [5.74, 6) is 0. The van der Waals surface area contributed by atoms with Crippen LogP contribution >= 0.6 is 0 Å². The first-order chi connectivity index (χ1) is 16.6. The number of fused-ring (bicyclic) bond motifs is 1. The van der Waals surface area contributed by atoms with Crippen molar-refractivity contribution in [3.63, 3.8) is 0 Å². The van der Waals surface area contributed by atoms with Crippen LogP contribution in [0.3, 0.4) is 0 Å². The molecule has 1 aromatic rings. The summed E-state index contributed by atoms with van der Waals surface area (Å²) in [6, 6.07) is 8.70. The van der Waals surface area contributed by atoms with E-state index in [1.807, 2.05) is 0 Å². The average Bonchev–Trinajstić information content (AvgIpc) is 3.23. The number of hydrogen-bond acceptors (Lipinski definition) is 1. The lowest BCUT2D eigenvalue weighted by molar-refractivity contribution is 0.296. The summed E-state index contributed by atoms with van der Waals surface area (Å²) in [5, 5.41) is 3.59. The van der Waals surface area contributed by atoms with Crippen molar-refractivity contribution in [1.82, 2.24) is 0 Å². The summed E-state index contributed by atoms with van der Waals surface area (Å²) >= 11 is 0. The van der Waals surface area contributed by atoms with Crippen molar-refractivity contribution in [3.8, 4) is 0 Å². The fourth-order valence-electron chi connectivity index (χ4n) is 5.43. The molecular formula is C33H57N. The summed E-state index contributed by atoms with van der Waals surface area (Å²) in [6.07, 6.45) is 32.1. The van der Waals surface area contributed by atoms with Crippen LogP contribution in [0.15, 0.2) is 36.0 Å². The van der Waals surface area contributed by atoms with Crippen molar-refractivity contribution >= 4 is 5.69 Å². The van der Waals surface area contributed by atoms with Gasteiger partial charge in [-0.15, -0.1) is 0 Å². The maximum atomic E-state index is 3.59. The highest BCUT2D eigenvalue weighted by Gasteiger charge is 2.17. The molecule has 0 atom stereocenters. The van der Waals surface area contributed by atoms with Crippen LogP contribution in [-0.2, 0) is 6.42 Å². The molecule has 34 heavy (non-hydrogen) atoms. The zero-order valence-electron chi connectivity index (χ0n) is 23.2. The fraction of sp³-hybridized carbons (Fsp3) is 0.758. The van der Waals surface area contributed by atoms with E-state index >= 15 is 0 Å². The quantitative estimate of drug-likeness (QED) is 0.177. The summed E-state index contributed by atoms with van der Waals surface area (Å²) in [4.78, 5) is 0. The minimum atomic E-state index is 0.470. The van der Waals surface area contributed by atoms with Gasteiger partial charge in [-0.1, -0.05) is 154 Å². The minimum absolute atomic E-state index is 0.470. The number of anilines is 1. The molecular weight excluding hydrogens is 410 g/mol. The Kier molecular flexibility index (Phi) is 15.4. The number of rotatable bonds is 21. The van der Waals surface area contributed by atoms with Crippen LogP contribution in [0, 0.1) is 5.41 Å². The lowest BCUT2D eigenvalue weighted by atomic mass is 9.82. The fourth-order valence-corrected chi connectivity index (χ4v) is 5.43. The van der Waals surface area contributed by atoms with Gasteiger partial charge in [-0.3, -0.25) is 0 Å². The molecule has 0 fully saturated rings. The van der Waals surface area contributed by atoms with Gasteiger partial charge in [-0.05, 0) is 36.3 Å². The van der Waals surface area contributed by atoms with Crippen LogP contribution in [0.5, 0.6) is 0 Å². The molecule has 2 rings (SSSR count). The van der Waals surface area contributed by atoms with Gasteiger partial charge in [0.15, 0.2) is 0 Å². The molecule has 0 saturated carbocycles. The van der Waals surface area contributed by atoms with Gasteiger partial charge >= 0.3 is 0 Å². The second-order valence-electron chi connectivity index (χ2n) is 11.8. The first-order valence-electron chi connectivity index (χ1n) is 15.1. The van der Waals surface area contributed by atoms with E-state index < -0.39 is 0 Å². The zero-order chi connectivity index (χ0) is 24.3. The molecule has 1 N–H and O–H groups in total. The third-order valence-electron chi connectivity index (χ3n) is 7.86. The van der Waals surface area contributed by atoms with Gasteiger partial charge in [0.1, 0.15) is 0 Å². The van der Waals surface area contributed by atoms with Crippen LogP contribution in [0.2, 0.25) is 0 Å². The Morgan fingerprint density at radius 2 is 1.18 bits per heavy atom. The molecule has 1 heterocycles. The zero-order valence-corrected chi connectivity index (χ0v) is 23.2. The van der Waals surface area contributed by atoms with E-state index in [4.69, 9.17) is 0 Å². The molecule has 0 saturated heterocycles. The molecule has 1 aliphatic rings. The molecule has 1 heteroatoms. The highest BCUT2D eigenvalue weighted by atomic mass is 14.9. The van der Waals surface area contributed by atoms with Gasteiger partial charge in [0.2, 0.25) is 0 Å². The predicted molar refractivity (Wildman–Crippen MR) is 154 cm³/mol. The highest BCUT2D eigenvalue weighted by Crippen LogP contribution is 2.32. The van der Waals surface area contributed by atoms with Crippen LogP contribution < -0.4 is 5.32 Å². The highest BCUT2D eigenvalue weighted by molar-refractivity contribution is 5.61. The second kappa shape index (κ2) is 18.1. The first-order valence-corrected chi connectivity index (χ1v) is 15.1. The number of benzene rings is 1. The second-order valence-corrected chi connectivity index (χ2v) is 11.8. The topological polar surface area (TPSA) is 12.0 Å². The molecule has 0 unspecified atom stereocenters. The van der Waals surface area contributed by atoms with E-state index in [9.17, 15) is 0 Å². The Morgan fingerprint density at radius 3 is 1.71 bits per heavy atom. The van der Waals surface area contributed by atoms with Gasteiger partial charge < -0.3 is 5.32 Å². The lowest BCUT2D eigenvalue weighted by Gasteiger charge is -2.24. The van der Waals surface area contributed by atoms with Crippen molar-refractivity contribution in [3.05, 3.63) is 41.6 Å². The first kappa shape index (κ1) is 29.0. The lowest BCUT2D eigenvalue weighted by Crippen LogP contribution is -2.10. The molecule has 0 spiro atoms. The molecule has 0 bridgehead atoms. The van der Waals surface area contributed by atoms with E-state index in [1.165, 1.54) is 145 Å². The Labute approximate surface area is 213 Å². The molecule has 0 aliphatic carbocycles. The minimum Gasteiger partial charge on any atom is -0.359 e. The summed E-state index contributed by atoms with van der Waals surface area (Å²) < 4.78 is 0. The van der Waals surface area contributed by atoms with Gasteiger partial charge in [0.05, 0.1) is 0 Å². The largest absolute Gasteiger partial charge is 0.359 e. The summed E-state index contributed by atoms with van der Waals surface area (Å²) in [7, 11) is 0. The molecule has 1 aromatic carbocycles. The molecule has 1 aliphatic heterocycles. The normalized spacial score (nSPS) is 14.5. The SMILES string of the molecule is CCCCCCCCCCCCCCCCCCCC(C)(C)CCC=C1Cc2ccccc2N1. The molecule has 0 aromatic heterocycles. The van der Waals surface area contributed by atoms with Crippen LogP contribution in [-0.4, -0.2) is 0 Å². The molecule has 0 amide bonds. The maximum absolute atomic E-state index is 3.59. The number of para-hydroxylation sites is 1. The van der Waals surface area contributed by atoms with E-state index in [-0.39, 0.29) is 0 Å². The molecule has 194 valence electrons. The van der Waals surface area contributed by atoms with Crippen molar-refractivity contribution in [2.24, 2.45) is 5.41 Å². The van der Waals surface area contributed by atoms with E-state index in [2.05, 4.69) is 56.4 Å². The Bertz CT molecular complexity index is 629. The van der Waals surface area contributed by atoms with Gasteiger partial charge in [-0.25, -0.2) is 0 Å². The summed E-state index contributed by atoms with van der Waals surface area (Å²) in [6.45, 7) is 7.24. The van der Waals surface area contributed by atoms with E-state index in [0.29, 0.717) is 5.41 Å². The summed E-state index contributed by atoms with van der Waals surface area (Å²) in [5.41, 5.74) is 4.61. The predicted octanol–water partition coefficient (Wildman–Crippen LogP) is 11.4. The Morgan fingerprint density at radius 1 is 0.676 bits per heavy atom. The third kappa shape index (κ3) is 13.6. The van der Waals surface area contributed by atoms with Crippen molar-refractivity contribution < 1.29 is 0 Å². The van der Waals surface area contributed by atoms with Crippen molar-refractivity contribution in [1.29, 1.82) is 0 Å². The number of allylic oxidation sites excluding steroid dienone is 2. The number of unbranched alkanes of at least 4 members (excludes halogenated alkanes) is 16. The average molecular weight is 468 g/mol. The molecule has 1 nitrogen and oxygen atoms in total. The van der Waals surface area contributed by atoms with Crippen LogP contribution in [0.4, 0.5) is 5.69 Å². The molecule has 0 radical (unpaired) electrons. The monoisotopic (exact) mass is 467 g/mol. The van der Waals surface area contributed by atoms with Gasteiger partial charge in [0, 0.05) is 17.8 Å². The maximum Gasteiger partial charge on any atom is 0.0418 e. The Hall–Kier alpha value is -1.24. The van der Waals surface area contributed by atoms with Crippen LogP contribution in [0.1, 0.15) is 155 Å². The smallest absolute Gasteiger partial charge is 0.0418 e. The standard InChI is InChI=1S/C33H57N/c1-4-5-6-7-8-9-10-11-12-13-14-15-16-17-18-19-22-27-33(2,3)28-23-25-31-29-30-24-20-21-26-32(30)34-31/h20-21,24-26,34H,4-19,22-23,27-29H2,1-3H3. The third-order valence-corrected chi connectivity index (χ3v) is 7.86. The van der Waals surface area contributed by atoms with Gasteiger partial charge in [-0.2, -0.15) is 0 Å².